The summed E-state index contributed by atoms with van der Waals surface area (Å²) >= 11 is 0. The van der Waals surface area contributed by atoms with E-state index in [0.29, 0.717) is 41.5 Å². The van der Waals surface area contributed by atoms with Crippen LogP contribution in [0.1, 0.15) is 42.5 Å². The molecule has 3 rings (SSSR count). The van der Waals surface area contributed by atoms with Gasteiger partial charge in [-0.2, -0.15) is 0 Å². The molecule has 2 heterocycles. The zero-order valence-corrected chi connectivity index (χ0v) is 19.4. The van der Waals surface area contributed by atoms with Crippen LogP contribution in [-0.2, 0) is 9.59 Å². The molecule has 0 radical (unpaired) electrons. The third-order valence-corrected chi connectivity index (χ3v) is 5.23. The number of carbonyl (C=O) groups excluding carboxylic acids is 2. The number of hydrogen-bond acceptors (Lipinski definition) is 7. The SMILES string of the molecule is Cc1ncc(C(O)=C2C(=O)C(=O)N(CCN(C)C)[C@H]2c2cccc(OC(C)C)c2)c(C)n1. The molecule has 8 heteroatoms. The second-order valence-electron chi connectivity index (χ2n) is 8.45. The van der Waals surface area contributed by atoms with Gasteiger partial charge in [0.2, 0.25) is 0 Å². The molecule has 1 fully saturated rings. The minimum atomic E-state index is -0.744. The van der Waals surface area contributed by atoms with E-state index in [9.17, 15) is 14.7 Å². The highest BCUT2D eigenvalue weighted by atomic mass is 16.5. The minimum absolute atomic E-state index is 0.0299. The number of aliphatic hydroxyl groups excluding tert-OH is 1. The molecule has 170 valence electrons. The molecule has 1 aliphatic heterocycles. The smallest absolute Gasteiger partial charge is 0.295 e. The van der Waals surface area contributed by atoms with Crippen LogP contribution in [0.15, 0.2) is 36.0 Å². The second kappa shape index (κ2) is 9.48. The maximum atomic E-state index is 13.1. The zero-order chi connectivity index (χ0) is 23.6. The Balaban J connectivity index is 2.17. The van der Waals surface area contributed by atoms with Crippen LogP contribution in [-0.4, -0.2) is 69.9 Å². The number of rotatable bonds is 7. The Hall–Kier alpha value is -3.26. The molecule has 32 heavy (non-hydrogen) atoms. The van der Waals surface area contributed by atoms with Crippen molar-refractivity contribution in [3.05, 3.63) is 58.7 Å². The van der Waals surface area contributed by atoms with Crippen LogP contribution >= 0.6 is 0 Å². The molecule has 1 N–H and O–H groups in total. The van der Waals surface area contributed by atoms with Gasteiger partial charge in [0.1, 0.15) is 17.3 Å². The van der Waals surface area contributed by atoms with Gasteiger partial charge in [-0.1, -0.05) is 12.1 Å². The van der Waals surface area contributed by atoms with Gasteiger partial charge in [0.15, 0.2) is 0 Å². The summed E-state index contributed by atoms with van der Waals surface area (Å²) in [6.45, 7) is 8.23. The van der Waals surface area contributed by atoms with E-state index < -0.39 is 17.7 Å². The normalized spacial score (nSPS) is 18.1. The molecule has 1 atom stereocenters. The largest absolute Gasteiger partial charge is 0.507 e. The van der Waals surface area contributed by atoms with E-state index in [1.165, 1.54) is 11.1 Å². The van der Waals surface area contributed by atoms with E-state index in [4.69, 9.17) is 4.74 Å². The van der Waals surface area contributed by atoms with Gasteiger partial charge in [0.25, 0.3) is 11.7 Å². The van der Waals surface area contributed by atoms with Crippen LogP contribution in [0.2, 0.25) is 0 Å². The maximum absolute atomic E-state index is 13.1. The fourth-order valence-electron chi connectivity index (χ4n) is 3.76. The van der Waals surface area contributed by atoms with Crippen LogP contribution in [0.4, 0.5) is 0 Å². The van der Waals surface area contributed by atoms with E-state index in [2.05, 4.69) is 9.97 Å². The summed E-state index contributed by atoms with van der Waals surface area (Å²) in [7, 11) is 3.80. The number of likely N-dealkylation sites (N-methyl/N-ethyl adjacent to an activating group) is 1. The highest BCUT2D eigenvalue weighted by Gasteiger charge is 2.46. The fourth-order valence-corrected chi connectivity index (χ4v) is 3.76. The van der Waals surface area contributed by atoms with E-state index in [1.807, 2.05) is 57.1 Å². The van der Waals surface area contributed by atoms with Gasteiger partial charge in [-0.15, -0.1) is 0 Å². The van der Waals surface area contributed by atoms with E-state index in [0.717, 1.165) is 0 Å². The molecule has 2 aromatic rings. The van der Waals surface area contributed by atoms with Crippen molar-refractivity contribution in [2.45, 2.75) is 39.8 Å². The monoisotopic (exact) mass is 438 g/mol. The molecule has 0 bridgehead atoms. The van der Waals surface area contributed by atoms with Crippen molar-refractivity contribution in [3.63, 3.8) is 0 Å². The number of ether oxygens (including phenoxy) is 1. The molecular weight excluding hydrogens is 408 g/mol. The van der Waals surface area contributed by atoms with Crippen molar-refractivity contribution >= 4 is 17.4 Å². The van der Waals surface area contributed by atoms with Crippen molar-refractivity contribution in [2.75, 3.05) is 27.2 Å². The summed E-state index contributed by atoms with van der Waals surface area (Å²) < 4.78 is 5.82. The molecular formula is C24H30N4O4. The van der Waals surface area contributed by atoms with Crippen molar-refractivity contribution < 1.29 is 19.4 Å². The first kappa shape index (κ1) is 23.4. The van der Waals surface area contributed by atoms with E-state index >= 15 is 0 Å². The average Bonchev–Trinajstić information content (AvgIpc) is 2.96. The molecule has 0 saturated carbocycles. The first-order valence-electron chi connectivity index (χ1n) is 10.6. The lowest BCUT2D eigenvalue weighted by Crippen LogP contribution is -2.35. The maximum Gasteiger partial charge on any atom is 0.295 e. The number of aromatic nitrogens is 2. The standard InChI is InChI=1S/C24H30N4O4/c1-14(2)32-18-9-7-8-17(12-18)21-20(22(29)19-13-25-16(4)26-15(19)3)23(30)24(31)28(21)11-10-27(5)6/h7-9,12-14,21,29H,10-11H2,1-6H3/t21-/m0/s1. The highest BCUT2D eigenvalue weighted by molar-refractivity contribution is 6.46. The third kappa shape index (κ3) is 4.80. The number of likely N-dealkylation sites (tertiary alicyclic amines) is 1. The number of ketones is 1. The number of benzene rings is 1. The molecule has 1 aliphatic rings. The molecule has 8 nitrogen and oxygen atoms in total. The molecule has 0 unspecified atom stereocenters. The van der Waals surface area contributed by atoms with Crippen molar-refractivity contribution in [1.29, 1.82) is 0 Å². The first-order valence-corrected chi connectivity index (χ1v) is 10.6. The molecule has 1 amide bonds. The number of amides is 1. The number of hydrogen-bond donors (Lipinski definition) is 1. The van der Waals surface area contributed by atoms with Crippen LogP contribution in [0.3, 0.4) is 0 Å². The van der Waals surface area contributed by atoms with Gasteiger partial charge in [-0.25, -0.2) is 9.97 Å². The Kier molecular flexibility index (Phi) is 6.93. The number of aryl methyl sites for hydroxylation is 2. The lowest BCUT2D eigenvalue weighted by molar-refractivity contribution is -0.140. The quantitative estimate of drug-likeness (QED) is 0.403. The summed E-state index contributed by atoms with van der Waals surface area (Å²) in [6, 6.07) is 6.54. The number of carbonyl (C=O) groups is 2. The summed E-state index contributed by atoms with van der Waals surface area (Å²) in [5.74, 6) is -0.444. The van der Waals surface area contributed by atoms with E-state index in [1.54, 1.807) is 13.8 Å². The molecule has 0 aliphatic carbocycles. The van der Waals surface area contributed by atoms with Crippen LogP contribution < -0.4 is 4.74 Å². The summed E-state index contributed by atoms with van der Waals surface area (Å²) in [5.41, 5.74) is 1.59. The average molecular weight is 439 g/mol. The third-order valence-electron chi connectivity index (χ3n) is 5.23. The minimum Gasteiger partial charge on any atom is -0.507 e. The number of Topliss-reactive ketones (excluding diaryl/α,β-unsaturated/α-hetero) is 1. The predicted octanol–water partition coefficient (Wildman–Crippen LogP) is 2.86. The molecule has 1 aromatic heterocycles. The Bertz CT molecular complexity index is 1060. The second-order valence-corrected chi connectivity index (χ2v) is 8.45. The van der Waals surface area contributed by atoms with Gasteiger partial charge in [0.05, 0.1) is 29.0 Å². The number of nitrogens with zero attached hydrogens (tertiary/aromatic N) is 4. The van der Waals surface area contributed by atoms with Gasteiger partial charge < -0.3 is 19.6 Å². The van der Waals surface area contributed by atoms with Gasteiger partial charge >= 0.3 is 0 Å². The van der Waals surface area contributed by atoms with Crippen LogP contribution in [0, 0.1) is 13.8 Å². The summed E-state index contributed by atoms with van der Waals surface area (Å²) in [4.78, 5) is 38.0. The lowest BCUT2D eigenvalue weighted by Gasteiger charge is -2.27. The summed E-state index contributed by atoms with van der Waals surface area (Å²) in [5, 5.41) is 11.2. The first-order chi connectivity index (χ1) is 15.1. The molecule has 1 aromatic carbocycles. The van der Waals surface area contributed by atoms with Crippen molar-refractivity contribution in [1.82, 2.24) is 19.8 Å². The fraction of sp³-hybridized carbons (Fsp3) is 0.417. The summed E-state index contributed by atoms with van der Waals surface area (Å²) in [6.07, 6.45) is 1.45. The Morgan fingerprint density at radius 1 is 1.25 bits per heavy atom. The van der Waals surface area contributed by atoms with Gasteiger partial charge in [-0.3, -0.25) is 9.59 Å². The Labute approximate surface area is 188 Å². The Morgan fingerprint density at radius 3 is 2.59 bits per heavy atom. The van der Waals surface area contributed by atoms with E-state index in [-0.39, 0.29) is 17.4 Å². The van der Waals surface area contributed by atoms with Crippen LogP contribution in [0.25, 0.3) is 5.76 Å². The van der Waals surface area contributed by atoms with Gasteiger partial charge in [0, 0.05) is 19.3 Å². The topological polar surface area (TPSA) is 95.9 Å². The highest BCUT2D eigenvalue weighted by Crippen LogP contribution is 2.40. The predicted molar refractivity (Wildman–Crippen MR) is 121 cm³/mol. The van der Waals surface area contributed by atoms with Gasteiger partial charge in [-0.05, 0) is 59.5 Å². The molecule has 0 spiro atoms. The number of aliphatic hydroxyl groups is 1. The van der Waals surface area contributed by atoms with Crippen molar-refractivity contribution in [2.24, 2.45) is 0 Å². The lowest BCUT2D eigenvalue weighted by atomic mass is 9.95. The zero-order valence-electron chi connectivity index (χ0n) is 19.4. The van der Waals surface area contributed by atoms with Crippen molar-refractivity contribution in [3.8, 4) is 5.75 Å². The Morgan fingerprint density at radius 2 is 1.97 bits per heavy atom. The van der Waals surface area contributed by atoms with Crippen LogP contribution in [0.5, 0.6) is 5.75 Å². The molecule has 1 saturated heterocycles.